The summed E-state index contributed by atoms with van der Waals surface area (Å²) in [4.78, 5) is 20.1. The number of hydrogen-bond donors (Lipinski definition) is 0. The van der Waals surface area contributed by atoms with Crippen molar-refractivity contribution in [2.24, 2.45) is 0 Å². The van der Waals surface area contributed by atoms with Crippen LogP contribution in [0, 0.1) is 5.82 Å². The van der Waals surface area contributed by atoms with E-state index in [-0.39, 0.29) is 31.3 Å². The summed E-state index contributed by atoms with van der Waals surface area (Å²) in [5.74, 6) is 0.0713. The number of halogens is 2. The van der Waals surface area contributed by atoms with Gasteiger partial charge in [-0.3, -0.25) is 4.79 Å². The minimum Gasteiger partial charge on any atom is -0.461 e. The second kappa shape index (κ2) is 10.1. The van der Waals surface area contributed by atoms with Gasteiger partial charge in [0.15, 0.2) is 5.82 Å². The molecular weight excluding hydrogens is 481 g/mol. The largest absolute Gasteiger partial charge is 0.461 e. The summed E-state index contributed by atoms with van der Waals surface area (Å²) in [6.45, 7) is 0.225. The van der Waals surface area contributed by atoms with Crippen LogP contribution < -0.4 is 4.74 Å². The molecule has 9 heteroatoms. The van der Waals surface area contributed by atoms with Crippen LogP contribution in [0.4, 0.5) is 4.39 Å². The number of esters is 1. The predicted octanol–water partition coefficient (Wildman–Crippen LogP) is 5.50. The van der Waals surface area contributed by atoms with Crippen LogP contribution in [-0.4, -0.2) is 21.1 Å². The van der Waals surface area contributed by atoms with Crippen molar-refractivity contribution in [3.8, 4) is 23.0 Å². The molecule has 2 aromatic heterocycles. The molecule has 0 spiro atoms. The zero-order valence-corrected chi connectivity index (χ0v) is 18.3. The van der Waals surface area contributed by atoms with Gasteiger partial charge in [0.1, 0.15) is 12.4 Å². The second-order valence-electron chi connectivity index (χ2n) is 6.72. The Labute approximate surface area is 191 Å². The highest BCUT2D eigenvalue weighted by Crippen LogP contribution is 2.26. The van der Waals surface area contributed by atoms with Crippen molar-refractivity contribution >= 4 is 21.9 Å². The highest BCUT2D eigenvalue weighted by molar-refractivity contribution is 9.10. The Bertz CT molecular complexity index is 1200. The normalized spacial score (nSPS) is 10.7. The van der Waals surface area contributed by atoms with Gasteiger partial charge in [0.25, 0.3) is 5.88 Å². The van der Waals surface area contributed by atoms with E-state index in [2.05, 4.69) is 31.1 Å². The zero-order chi connectivity index (χ0) is 22.3. The maximum Gasteiger partial charge on any atom is 0.306 e. The molecule has 0 saturated carbocycles. The standard InChI is InChI=1S/C23H17BrFN3O4/c24-17-12-19(25)23(26-13-17)31-18-8-6-16(7-9-18)22-27-20(32-28-22)10-11-21(29)30-14-15-4-2-1-3-5-15/h1-9,12-13H,10-11,14H2. The van der Waals surface area contributed by atoms with Crippen molar-refractivity contribution < 1.29 is 23.2 Å². The van der Waals surface area contributed by atoms with E-state index >= 15 is 0 Å². The van der Waals surface area contributed by atoms with Gasteiger partial charge in [0, 0.05) is 22.7 Å². The van der Waals surface area contributed by atoms with E-state index in [0.29, 0.717) is 27.5 Å². The Morgan fingerprint density at radius 1 is 1.09 bits per heavy atom. The molecule has 4 rings (SSSR count). The summed E-state index contributed by atoms with van der Waals surface area (Å²) in [6, 6.07) is 17.5. The van der Waals surface area contributed by atoms with Crippen molar-refractivity contribution in [2.45, 2.75) is 19.4 Å². The van der Waals surface area contributed by atoms with E-state index in [9.17, 15) is 9.18 Å². The first-order chi connectivity index (χ1) is 15.6. The summed E-state index contributed by atoms with van der Waals surface area (Å²) >= 11 is 3.15. The minimum atomic E-state index is -0.575. The van der Waals surface area contributed by atoms with E-state index in [4.69, 9.17) is 14.0 Å². The smallest absolute Gasteiger partial charge is 0.306 e. The average molecular weight is 498 g/mol. The first-order valence-corrected chi connectivity index (χ1v) is 10.5. The number of aromatic nitrogens is 3. The number of nitrogens with zero attached hydrogens (tertiary/aromatic N) is 3. The fourth-order valence-electron chi connectivity index (χ4n) is 2.75. The van der Waals surface area contributed by atoms with Crippen molar-refractivity contribution in [1.29, 1.82) is 0 Å². The highest BCUT2D eigenvalue weighted by atomic mass is 79.9. The number of rotatable bonds is 8. The Kier molecular flexibility index (Phi) is 6.86. The number of benzene rings is 2. The maximum atomic E-state index is 13.9. The Morgan fingerprint density at radius 3 is 2.62 bits per heavy atom. The predicted molar refractivity (Wildman–Crippen MR) is 116 cm³/mol. The van der Waals surface area contributed by atoms with Gasteiger partial charge in [0.05, 0.1) is 6.42 Å². The molecule has 0 amide bonds. The van der Waals surface area contributed by atoms with Crippen molar-refractivity contribution in [2.75, 3.05) is 0 Å². The second-order valence-corrected chi connectivity index (χ2v) is 7.64. The van der Waals surface area contributed by atoms with Crippen LogP contribution in [0.15, 0.2) is 75.9 Å². The van der Waals surface area contributed by atoms with Crippen LogP contribution in [-0.2, 0) is 22.6 Å². The Hall–Kier alpha value is -3.59. The molecule has 0 N–H and O–H groups in total. The van der Waals surface area contributed by atoms with Gasteiger partial charge in [-0.25, -0.2) is 9.37 Å². The zero-order valence-electron chi connectivity index (χ0n) is 16.7. The number of carbonyl (C=O) groups excluding carboxylic acids is 1. The lowest BCUT2D eigenvalue weighted by atomic mass is 10.2. The molecular formula is C23H17BrFN3O4. The van der Waals surface area contributed by atoms with Crippen LogP contribution in [0.2, 0.25) is 0 Å². The lowest BCUT2D eigenvalue weighted by Crippen LogP contribution is -2.06. The molecule has 4 aromatic rings. The molecule has 0 bridgehead atoms. The average Bonchev–Trinajstić information content (AvgIpc) is 3.28. The summed E-state index contributed by atoms with van der Waals surface area (Å²) < 4.78 is 30.3. The quantitative estimate of drug-likeness (QED) is 0.297. The Balaban J connectivity index is 1.30. The molecule has 2 heterocycles. The topological polar surface area (TPSA) is 87.3 Å². The summed E-state index contributed by atoms with van der Waals surface area (Å²) in [5.41, 5.74) is 1.61. The van der Waals surface area contributed by atoms with Gasteiger partial charge in [-0.15, -0.1) is 0 Å². The molecule has 0 aliphatic rings. The van der Waals surface area contributed by atoms with Crippen molar-refractivity contribution in [3.63, 3.8) is 0 Å². The van der Waals surface area contributed by atoms with E-state index in [1.54, 1.807) is 24.3 Å². The van der Waals surface area contributed by atoms with Gasteiger partial charge in [-0.05, 0) is 51.8 Å². The van der Waals surface area contributed by atoms with Crippen molar-refractivity contribution in [1.82, 2.24) is 15.1 Å². The van der Waals surface area contributed by atoms with Crippen LogP contribution in [0.1, 0.15) is 17.9 Å². The Morgan fingerprint density at radius 2 is 1.88 bits per heavy atom. The monoisotopic (exact) mass is 497 g/mol. The van der Waals surface area contributed by atoms with Crippen LogP contribution in [0.25, 0.3) is 11.4 Å². The summed E-state index contributed by atoms with van der Waals surface area (Å²) in [6.07, 6.45) is 1.86. The third-order valence-electron chi connectivity index (χ3n) is 4.35. The van der Waals surface area contributed by atoms with Gasteiger partial charge in [-0.1, -0.05) is 35.5 Å². The number of ether oxygens (including phenoxy) is 2. The molecule has 162 valence electrons. The number of aryl methyl sites for hydroxylation is 1. The fraction of sp³-hybridized carbons (Fsp3) is 0.130. The maximum absolute atomic E-state index is 13.9. The minimum absolute atomic E-state index is 0.123. The lowest BCUT2D eigenvalue weighted by molar-refractivity contribution is -0.145. The van der Waals surface area contributed by atoms with E-state index < -0.39 is 5.82 Å². The van der Waals surface area contributed by atoms with Crippen LogP contribution >= 0.6 is 15.9 Å². The van der Waals surface area contributed by atoms with Gasteiger partial charge >= 0.3 is 5.97 Å². The molecule has 0 saturated heterocycles. The van der Waals surface area contributed by atoms with Gasteiger partial charge in [-0.2, -0.15) is 4.98 Å². The molecule has 2 aromatic carbocycles. The molecule has 0 fully saturated rings. The number of carbonyl (C=O) groups is 1. The molecule has 0 aliphatic carbocycles. The molecule has 7 nitrogen and oxygen atoms in total. The number of hydrogen-bond acceptors (Lipinski definition) is 7. The summed E-state index contributed by atoms with van der Waals surface area (Å²) in [7, 11) is 0. The first-order valence-electron chi connectivity index (χ1n) is 9.68. The van der Waals surface area contributed by atoms with E-state index in [1.165, 1.54) is 12.3 Å². The van der Waals surface area contributed by atoms with Crippen LogP contribution in [0.5, 0.6) is 11.6 Å². The highest BCUT2D eigenvalue weighted by Gasteiger charge is 2.13. The molecule has 0 aliphatic heterocycles. The van der Waals surface area contributed by atoms with Crippen molar-refractivity contribution in [3.05, 3.63) is 88.6 Å². The molecule has 0 unspecified atom stereocenters. The lowest BCUT2D eigenvalue weighted by Gasteiger charge is -2.06. The molecule has 0 atom stereocenters. The first kappa shape index (κ1) is 21.6. The van der Waals surface area contributed by atoms with Gasteiger partial charge < -0.3 is 14.0 Å². The SMILES string of the molecule is O=C(CCc1nc(-c2ccc(Oc3ncc(Br)cc3F)cc2)no1)OCc1ccccc1. The fourth-order valence-corrected chi connectivity index (χ4v) is 3.06. The van der Waals surface area contributed by atoms with Gasteiger partial charge in [0.2, 0.25) is 11.7 Å². The third-order valence-corrected chi connectivity index (χ3v) is 4.79. The molecule has 32 heavy (non-hydrogen) atoms. The molecule has 0 radical (unpaired) electrons. The number of pyridine rings is 1. The third kappa shape index (κ3) is 5.76. The van der Waals surface area contributed by atoms with Crippen LogP contribution in [0.3, 0.4) is 0 Å². The van der Waals surface area contributed by atoms with E-state index in [1.807, 2.05) is 30.3 Å². The summed E-state index contributed by atoms with van der Waals surface area (Å²) in [5, 5.41) is 3.94. The van der Waals surface area contributed by atoms with E-state index in [0.717, 1.165) is 5.56 Å².